The molecule has 0 radical (unpaired) electrons. The number of carbonyl (C=O) groups is 3. The van der Waals surface area contributed by atoms with Gasteiger partial charge in [0.15, 0.2) is 0 Å². The number of para-hydroxylation sites is 1. The first-order valence-corrected chi connectivity index (χ1v) is 13.0. The van der Waals surface area contributed by atoms with Crippen LogP contribution in [0.15, 0.2) is 70.1 Å². The van der Waals surface area contributed by atoms with E-state index in [4.69, 9.17) is 11.6 Å². The second-order valence-electron chi connectivity index (χ2n) is 9.55. The third-order valence-corrected chi connectivity index (χ3v) is 7.56. The summed E-state index contributed by atoms with van der Waals surface area (Å²) in [5, 5.41) is 5.55. The van der Waals surface area contributed by atoms with Crippen LogP contribution in [0.25, 0.3) is 5.69 Å². The number of carbonyl (C=O) groups excluding carboxylic acids is 3. The van der Waals surface area contributed by atoms with Gasteiger partial charge in [0, 0.05) is 24.3 Å². The van der Waals surface area contributed by atoms with Crippen molar-refractivity contribution in [3.8, 4) is 5.69 Å². The molecular formula is C28H28ClN5O4. The lowest BCUT2D eigenvalue weighted by molar-refractivity contribution is -0.140. The van der Waals surface area contributed by atoms with Crippen LogP contribution in [0.4, 0.5) is 11.4 Å². The van der Waals surface area contributed by atoms with Crippen molar-refractivity contribution in [2.24, 2.45) is 7.05 Å². The largest absolute Gasteiger partial charge is 0.350 e. The van der Waals surface area contributed by atoms with Crippen molar-refractivity contribution in [3.63, 3.8) is 0 Å². The van der Waals surface area contributed by atoms with Crippen LogP contribution in [0.3, 0.4) is 0 Å². The minimum atomic E-state index is -0.471. The minimum Gasteiger partial charge on any atom is -0.350 e. The summed E-state index contributed by atoms with van der Waals surface area (Å²) in [5.41, 5.74) is 2.02. The number of aromatic nitrogens is 2. The topological polar surface area (TPSA) is 105 Å². The standard InChI is InChI=1S/C28H28ClN5O4/c1-17-23(28(38)34(32(17)2)21-11-7-4-8-12-21)31-25(35)18-13-15-19(16-14-18)30-24-22(29)26(36)33(27(24)37)20-9-5-3-6-10-20/h4,7-8,11-16,20,30H,3,5-6,9-10H2,1-2H3,(H,31,35). The van der Waals surface area contributed by atoms with Gasteiger partial charge in [-0.15, -0.1) is 0 Å². The lowest BCUT2D eigenvalue weighted by Gasteiger charge is -2.29. The molecule has 10 heteroatoms. The van der Waals surface area contributed by atoms with Gasteiger partial charge in [-0.05, 0) is 56.2 Å². The molecule has 0 saturated heterocycles. The van der Waals surface area contributed by atoms with Gasteiger partial charge in [0.25, 0.3) is 23.3 Å². The molecular weight excluding hydrogens is 506 g/mol. The zero-order chi connectivity index (χ0) is 27.0. The Hall–Kier alpha value is -4.11. The Labute approximate surface area is 224 Å². The van der Waals surface area contributed by atoms with E-state index in [1.165, 1.54) is 9.58 Å². The Kier molecular flexibility index (Phi) is 6.94. The molecule has 196 valence electrons. The maximum Gasteiger partial charge on any atom is 0.295 e. The molecule has 1 aromatic heterocycles. The van der Waals surface area contributed by atoms with E-state index in [1.807, 2.05) is 30.3 Å². The van der Waals surface area contributed by atoms with Crippen molar-refractivity contribution in [1.82, 2.24) is 14.3 Å². The van der Waals surface area contributed by atoms with Gasteiger partial charge in [-0.3, -0.25) is 28.8 Å². The Bertz CT molecular complexity index is 1500. The van der Waals surface area contributed by atoms with Crippen molar-refractivity contribution in [2.75, 3.05) is 10.6 Å². The normalized spacial score (nSPS) is 16.3. The second-order valence-corrected chi connectivity index (χ2v) is 9.93. The molecule has 1 aliphatic carbocycles. The number of anilines is 2. The molecule has 3 aromatic rings. The van der Waals surface area contributed by atoms with E-state index in [2.05, 4.69) is 10.6 Å². The van der Waals surface area contributed by atoms with Gasteiger partial charge in [0.1, 0.15) is 16.4 Å². The zero-order valence-electron chi connectivity index (χ0n) is 21.2. The molecule has 0 unspecified atom stereocenters. The van der Waals surface area contributed by atoms with Crippen LogP contribution >= 0.6 is 11.6 Å². The predicted molar refractivity (Wildman–Crippen MR) is 145 cm³/mol. The van der Waals surface area contributed by atoms with E-state index in [9.17, 15) is 19.2 Å². The van der Waals surface area contributed by atoms with Crippen molar-refractivity contribution in [2.45, 2.75) is 45.1 Å². The molecule has 1 aliphatic heterocycles. The van der Waals surface area contributed by atoms with Gasteiger partial charge in [-0.25, -0.2) is 4.68 Å². The maximum absolute atomic E-state index is 13.1. The van der Waals surface area contributed by atoms with E-state index < -0.39 is 17.7 Å². The van der Waals surface area contributed by atoms with Gasteiger partial charge < -0.3 is 10.6 Å². The Balaban J connectivity index is 1.30. The molecule has 38 heavy (non-hydrogen) atoms. The second kappa shape index (κ2) is 10.3. The van der Waals surface area contributed by atoms with Gasteiger partial charge in [0.05, 0.1) is 11.4 Å². The van der Waals surface area contributed by atoms with Gasteiger partial charge in [-0.2, -0.15) is 0 Å². The quantitative estimate of drug-likeness (QED) is 0.460. The van der Waals surface area contributed by atoms with Crippen molar-refractivity contribution < 1.29 is 14.4 Å². The summed E-state index contributed by atoms with van der Waals surface area (Å²) in [6.45, 7) is 1.76. The van der Waals surface area contributed by atoms with Crippen LogP contribution in [0.2, 0.25) is 0 Å². The van der Waals surface area contributed by atoms with Crippen LogP contribution in [0.5, 0.6) is 0 Å². The lowest BCUT2D eigenvalue weighted by atomic mass is 9.94. The van der Waals surface area contributed by atoms with Crippen LogP contribution < -0.4 is 16.2 Å². The number of hydrogen-bond acceptors (Lipinski definition) is 5. The van der Waals surface area contributed by atoms with E-state index in [0.717, 1.165) is 32.1 Å². The number of imide groups is 1. The lowest BCUT2D eigenvalue weighted by Crippen LogP contribution is -2.42. The van der Waals surface area contributed by atoms with Crippen molar-refractivity contribution in [1.29, 1.82) is 0 Å². The molecule has 2 aliphatic rings. The first-order valence-electron chi connectivity index (χ1n) is 12.6. The van der Waals surface area contributed by atoms with Crippen LogP contribution in [-0.2, 0) is 16.6 Å². The SMILES string of the molecule is Cc1c(NC(=O)c2ccc(NC3=C(Cl)C(=O)N(C4CCCCC4)C3=O)cc2)c(=O)n(-c2ccccc2)n1C. The number of amides is 3. The van der Waals surface area contributed by atoms with Crippen LogP contribution in [0.1, 0.15) is 48.2 Å². The van der Waals surface area contributed by atoms with Crippen molar-refractivity contribution >= 4 is 40.7 Å². The predicted octanol–water partition coefficient (Wildman–Crippen LogP) is 4.30. The summed E-state index contributed by atoms with van der Waals surface area (Å²) in [5.74, 6) is -1.35. The van der Waals surface area contributed by atoms with Crippen LogP contribution in [-0.4, -0.2) is 38.0 Å². The molecule has 2 heterocycles. The number of hydrogen-bond donors (Lipinski definition) is 2. The molecule has 2 aromatic carbocycles. The summed E-state index contributed by atoms with van der Waals surface area (Å²) >= 11 is 6.26. The number of nitrogens with zero attached hydrogens (tertiary/aromatic N) is 3. The number of halogens is 1. The highest BCUT2D eigenvalue weighted by Gasteiger charge is 2.42. The smallest absolute Gasteiger partial charge is 0.295 e. The third-order valence-electron chi connectivity index (χ3n) is 7.21. The molecule has 0 atom stereocenters. The first kappa shape index (κ1) is 25.5. The van der Waals surface area contributed by atoms with Gasteiger partial charge in [-0.1, -0.05) is 49.1 Å². The third kappa shape index (κ3) is 4.54. The summed E-state index contributed by atoms with van der Waals surface area (Å²) in [7, 11) is 1.75. The molecule has 9 nitrogen and oxygen atoms in total. The highest BCUT2D eigenvalue weighted by atomic mass is 35.5. The molecule has 2 N–H and O–H groups in total. The fourth-order valence-corrected chi connectivity index (χ4v) is 5.26. The average Bonchev–Trinajstić information content (AvgIpc) is 3.28. The number of benzene rings is 2. The Morgan fingerprint density at radius 3 is 2.24 bits per heavy atom. The van der Waals surface area contributed by atoms with Crippen LogP contribution in [0, 0.1) is 6.92 Å². The fraction of sp³-hybridized carbons (Fsp3) is 0.286. The Morgan fingerprint density at radius 1 is 0.921 bits per heavy atom. The highest BCUT2D eigenvalue weighted by Crippen LogP contribution is 2.32. The zero-order valence-corrected chi connectivity index (χ0v) is 21.9. The first-order chi connectivity index (χ1) is 18.3. The summed E-state index contributed by atoms with van der Waals surface area (Å²) < 4.78 is 3.18. The highest BCUT2D eigenvalue weighted by molar-refractivity contribution is 6.48. The maximum atomic E-state index is 13.1. The Morgan fingerprint density at radius 2 is 1.58 bits per heavy atom. The monoisotopic (exact) mass is 533 g/mol. The molecule has 0 spiro atoms. The van der Waals surface area contributed by atoms with Gasteiger partial charge >= 0.3 is 0 Å². The molecule has 3 amide bonds. The minimum absolute atomic E-state index is 0.0424. The molecule has 1 saturated carbocycles. The summed E-state index contributed by atoms with van der Waals surface area (Å²) in [4.78, 5) is 53.0. The number of rotatable bonds is 6. The number of nitrogens with one attached hydrogen (secondary N) is 2. The van der Waals surface area contributed by atoms with Crippen molar-refractivity contribution in [3.05, 3.63) is 86.9 Å². The summed E-state index contributed by atoms with van der Waals surface area (Å²) in [6.07, 6.45) is 4.64. The van der Waals surface area contributed by atoms with E-state index >= 15 is 0 Å². The van der Waals surface area contributed by atoms with Gasteiger partial charge in [0.2, 0.25) is 0 Å². The fourth-order valence-electron chi connectivity index (χ4n) is 5.05. The molecule has 5 rings (SSSR count). The van der Waals surface area contributed by atoms with E-state index in [-0.39, 0.29) is 28.0 Å². The molecule has 0 bridgehead atoms. The molecule has 1 fully saturated rings. The van der Waals surface area contributed by atoms with E-state index in [1.54, 1.807) is 42.9 Å². The van der Waals surface area contributed by atoms with E-state index in [0.29, 0.717) is 22.6 Å². The summed E-state index contributed by atoms with van der Waals surface area (Å²) in [6, 6.07) is 15.4. The average molecular weight is 534 g/mol.